The monoisotopic (exact) mass is 1040 g/mol. The predicted molar refractivity (Wildman–Crippen MR) is 281 cm³/mol. The largest absolute Gasteiger partial charge is 0.487 e. The summed E-state index contributed by atoms with van der Waals surface area (Å²) < 4.78 is 12.4. The number of hydrogen-bond acceptors (Lipinski definition) is 13. The van der Waals surface area contributed by atoms with Crippen LogP contribution in [0.5, 0.6) is 11.8 Å². The second-order valence-electron chi connectivity index (χ2n) is 18.9. The molecule has 5 aliphatic rings. The molecule has 3 N–H and O–H groups in total. The number of ether oxygens (including phenoxy) is 2. The minimum atomic E-state index is -0.710. The molecular formula is C54H57Cl2N11O7. The van der Waals surface area contributed by atoms with Crippen molar-refractivity contribution in [1.82, 2.24) is 35.3 Å². The number of carbonyl (C=O) groups excluding carboxylic acids is 5. The second-order valence-corrected chi connectivity index (χ2v) is 19.7. The molecule has 6 heterocycles. The van der Waals surface area contributed by atoms with Gasteiger partial charge in [0.15, 0.2) is 0 Å². The van der Waals surface area contributed by atoms with Gasteiger partial charge in [-0.05, 0) is 86.1 Å². The Hall–Kier alpha value is -7.46. The maximum Gasteiger partial charge on any atom is 0.319 e. The number of amides is 6. The highest BCUT2D eigenvalue weighted by molar-refractivity contribution is 6.36. The Balaban J connectivity index is 0.00000219. The zero-order chi connectivity index (χ0) is 52.0. The average molecular weight is 1040 g/mol. The first-order chi connectivity index (χ1) is 35.8. The number of nitrogens with one attached hydrogen (secondary N) is 3. The molecule has 384 valence electrons. The molecule has 0 bridgehead atoms. The lowest BCUT2D eigenvalue weighted by molar-refractivity contribution is -0.137. The van der Waals surface area contributed by atoms with Crippen molar-refractivity contribution in [2.24, 2.45) is 0 Å². The molecule has 10 rings (SSSR count). The molecule has 5 aromatic rings. The number of benzene rings is 4. The highest BCUT2D eigenvalue weighted by Crippen LogP contribution is 2.38. The van der Waals surface area contributed by atoms with Crippen LogP contribution in [0.15, 0.2) is 84.9 Å². The van der Waals surface area contributed by atoms with E-state index in [1.807, 2.05) is 18.2 Å². The number of nitrogens with zero attached hydrogens (tertiary/aromatic N) is 8. The van der Waals surface area contributed by atoms with Gasteiger partial charge in [0.25, 0.3) is 11.8 Å². The quantitative estimate of drug-likeness (QED) is 0.0815. The van der Waals surface area contributed by atoms with Gasteiger partial charge in [-0.25, -0.2) is 4.79 Å². The summed E-state index contributed by atoms with van der Waals surface area (Å²) in [6, 6.07) is 23.5. The number of urea groups is 1. The fraction of sp³-hybridized carbons (Fsp3) is 0.370. The third-order valence-corrected chi connectivity index (χ3v) is 14.7. The first-order valence-electron chi connectivity index (χ1n) is 24.7. The molecule has 20 heteroatoms. The smallest absolute Gasteiger partial charge is 0.319 e. The Morgan fingerprint density at radius 2 is 1.68 bits per heavy atom. The highest BCUT2D eigenvalue weighted by Gasteiger charge is 2.39. The van der Waals surface area contributed by atoms with E-state index in [4.69, 9.17) is 47.9 Å². The molecule has 5 aliphatic heterocycles. The number of anilines is 3. The van der Waals surface area contributed by atoms with Crippen LogP contribution in [0.4, 0.5) is 22.0 Å². The van der Waals surface area contributed by atoms with Gasteiger partial charge in [-0.1, -0.05) is 66.2 Å². The van der Waals surface area contributed by atoms with E-state index in [0.717, 1.165) is 77.0 Å². The fourth-order valence-electron chi connectivity index (χ4n) is 10.2. The number of aromatic nitrogens is 2. The highest BCUT2D eigenvalue weighted by atomic mass is 35.5. The Morgan fingerprint density at radius 1 is 0.892 bits per heavy atom. The average Bonchev–Trinajstić information content (AvgIpc) is 3.97. The number of likely N-dealkylation sites (N-methyl/N-ethyl adjacent to an activating group) is 1. The molecule has 1 aromatic heterocycles. The minimum Gasteiger partial charge on any atom is -0.487 e. The first kappa shape index (κ1) is 51.4. The van der Waals surface area contributed by atoms with Crippen molar-refractivity contribution in [3.63, 3.8) is 0 Å². The number of piperazine rings is 1. The Morgan fingerprint density at radius 3 is 2.43 bits per heavy atom. The Labute approximate surface area is 439 Å². The van der Waals surface area contributed by atoms with Crippen LogP contribution in [0, 0.1) is 11.3 Å². The molecule has 3 saturated heterocycles. The second kappa shape index (κ2) is 22.8. The van der Waals surface area contributed by atoms with Crippen LogP contribution in [-0.2, 0) is 40.4 Å². The van der Waals surface area contributed by atoms with Crippen molar-refractivity contribution in [3.8, 4) is 17.8 Å². The van der Waals surface area contributed by atoms with Crippen LogP contribution in [0.25, 0.3) is 10.8 Å². The van der Waals surface area contributed by atoms with Crippen molar-refractivity contribution in [2.75, 3.05) is 74.6 Å². The zero-order valence-corrected chi connectivity index (χ0v) is 42.8. The molecule has 0 radical (unpaired) electrons. The van der Waals surface area contributed by atoms with E-state index in [-0.39, 0.29) is 61.6 Å². The summed E-state index contributed by atoms with van der Waals surface area (Å²) in [5.41, 5.74) is 5.71. The molecule has 0 aliphatic carbocycles. The van der Waals surface area contributed by atoms with Gasteiger partial charge in [-0.3, -0.25) is 24.5 Å². The van der Waals surface area contributed by atoms with Gasteiger partial charge in [-0.15, -0.1) is 0 Å². The van der Waals surface area contributed by atoms with Crippen molar-refractivity contribution in [3.05, 3.63) is 123 Å². The van der Waals surface area contributed by atoms with Crippen molar-refractivity contribution < 1.29 is 33.4 Å². The summed E-state index contributed by atoms with van der Waals surface area (Å²) in [4.78, 5) is 84.1. The molecule has 0 spiro atoms. The van der Waals surface area contributed by atoms with Crippen LogP contribution in [0.2, 0.25) is 10.0 Å². The zero-order valence-electron chi connectivity index (χ0n) is 41.3. The van der Waals surface area contributed by atoms with Gasteiger partial charge in [0, 0.05) is 105 Å². The molecular weight excluding hydrogens is 986 g/mol. The predicted octanol–water partition coefficient (Wildman–Crippen LogP) is 6.87. The summed E-state index contributed by atoms with van der Waals surface area (Å²) in [7, 11) is 2.12. The number of likely N-dealkylation sites (tertiary alicyclic amines) is 1. The normalized spacial score (nSPS) is 18.4. The summed E-state index contributed by atoms with van der Waals surface area (Å²) in [6.45, 7) is 10.6. The standard InChI is InChI=1S/C52H54Cl2N10O7.C2H3N/c1-31(29-70-44-25-35(12-14-39(44)53)56-51(69)55-26-32-11-13-37-34(24-32)27-64(50(37)68)43-15-16-45(65)58-48(43)66)49(67)62-22-20-61(21-23-62)47-38-17-19-63(42-10-4-7-33-6-3-9-40(54)46(33)42)28-41(38)57-52(59-47)71-30-36-8-5-18-60(36)2;1-2-3/h3-4,6-7,9-14,24-25,36,43H,1,5,8,15-23,26-30H2,2H3,(H2,55,56,69)(H,58,65,66);1H3. The van der Waals surface area contributed by atoms with Gasteiger partial charge in [0.2, 0.25) is 11.8 Å². The topological polar surface area (TPSA) is 206 Å². The SMILES string of the molecule is C=C(COc1cc(NC(=O)NCc2ccc3c(c2)CN(C2CCC(=O)NC2=O)C3=O)ccc1Cl)C(=O)N1CCN(c2nc(OCC3CCCN3C)nc3c2CCN(c2cccc4cccc(Cl)c24)C3)CC1.CC#N. The number of nitriles is 1. The third kappa shape index (κ3) is 11.3. The van der Waals surface area contributed by atoms with Crippen LogP contribution >= 0.6 is 23.2 Å². The van der Waals surface area contributed by atoms with Gasteiger partial charge in [0.1, 0.15) is 30.8 Å². The van der Waals surface area contributed by atoms with E-state index >= 15 is 0 Å². The van der Waals surface area contributed by atoms with Crippen LogP contribution < -0.4 is 35.2 Å². The van der Waals surface area contributed by atoms with E-state index in [2.05, 4.69) is 68.5 Å². The maximum absolute atomic E-state index is 13.8. The molecule has 74 heavy (non-hydrogen) atoms. The number of imide groups is 1. The Kier molecular flexibility index (Phi) is 15.8. The van der Waals surface area contributed by atoms with Crippen LogP contribution in [-0.4, -0.2) is 126 Å². The van der Waals surface area contributed by atoms with Gasteiger partial charge < -0.3 is 44.6 Å². The first-order valence-corrected chi connectivity index (χ1v) is 25.5. The summed E-state index contributed by atoms with van der Waals surface area (Å²) in [5, 5.41) is 18.3. The number of rotatable bonds is 13. The lowest BCUT2D eigenvalue weighted by Gasteiger charge is -2.38. The number of fused-ring (bicyclic) bond motifs is 3. The van der Waals surface area contributed by atoms with E-state index < -0.39 is 18.0 Å². The molecule has 0 saturated carbocycles. The minimum absolute atomic E-state index is 0.120. The maximum atomic E-state index is 13.8. The molecule has 4 aromatic carbocycles. The van der Waals surface area contributed by atoms with E-state index in [1.165, 1.54) is 11.8 Å². The Bertz CT molecular complexity index is 3060. The fourth-order valence-corrected chi connectivity index (χ4v) is 10.6. The number of hydrogen-bond donors (Lipinski definition) is 3. The van der Waals surface area contributed by atoms with Gasteiger partial charge >= 0.3 is 12.0 Å². The summed E-state index contributed by atoms with van der Waals surface area (Å²) in [5.74, 6) is -0.207. The summed E-state index contributed by atoms with van der Waals surface area (Å²) >= 11 is 13.3. The number of carbonyl (C=O) groups is 5. The van der Waals surface area contributed by atoms with Crippen molar-refractivity contribution >= 4 is 80.8 Å². The molecule has 3 fully saturated rings. The van der Waals surface area contributed by atoms with Crippen LogP contribution in [0.3, 0.4) is 0 Å². The van der Waals surface area contributed by atoms with Gasteiger partial charge in [0.05, 0.1) is 28.4 Å². The number of piperidine rings is 1. The molecule has 6 amide bonds. The molecule has 18 nitrogen and oxygen atoms in total. The number of halogens is 2. The lowest BCUT2D eigenvalue weighted by atomic mass is 10.0. The molecule has 2 atom stereocenters. The van der Waals surface area contributed by atoms with E-state index in [1.54, 1.807) is 41.3 Å². The molecule has 2 unspecified atom stereocenters. The van der Waals surface area contributed by atoms with Crippen LogP contribution in [0.1, 0.15) is 65.3 Å². The third-order valence-electron chi connectivity index (χ3n) is 14.1. The van der Waals surface area contributed by atoms with Crippen molar-refractivity contribution in [2.45, 2.75) is 70.7 Å². The van der Waals surface area contributed by atoms with Gasteiger partial charge in [-0.2, -0.15) is 15.2 Å². The van der Waals surface area contributed by atoms with E-state index in [0.29, 0.717) is 72.7 Å². The summed E-state index contributed by atoms with van der Waals surface area (Å²) in [6.07, 6.45) is 3.37. The lowest BCUT2D eigenvalue weighted by Crippen LogP contribution is -2.52. The van der Waals surface area contributed by atoms with E-state index in [9.17, 15) is 24.0 Å². The van der Waals surface area contributed by atoms with Crippen molar-refractivity contribution in [1.29, 1.82) is 5.26 Å².